The summed E-state index contributed by atoms with van der Waals surface area (Å²) in [5, 5.41) is 2.63. The normalized spacial score (nSPS) is 10.8. The first-order valence-electron chi connectivity index (χ1n) is 8.77. The topological polar surface area (TPSA) is 73.9 Å². The minimum atomic E-state index is -2.98. The molecule has 0 saturated carbocycles. The van der Waals surface area contributed by atoms with Crippen LogP contribution in [0.2, 0.25) is 0 Å². The van der Waals surface area contributed by atoms with E-state index in [9.17, 15) is 18.4 Å². The number of halogens is 2. The van der Waals surface area contributed by atoms with Crippen molar-refractivity contribution in [2.45, 2.75) is 20.0 Å². The molecule has 0 atom stereocenters. The van der Waals surface area contributed by atoms with Crippen molar-refractivity contribution in [3.8, 4) is 11.5 Å². The average Bonchev–Trinajstić information content (AvgIpc) is 2.71. The molecule has 0 aliphatic heterocycles. The standard InChI is InChI=1S/C21H21F2NO5/c1-3-14-4-8-16(9-5-14)24-19(25)13-28-20(26)11-7-15-6-10-17(29-21(22)23)18(12-15)27-2/h4-12,21H,3,13H2,1-2H3,(H,24,25)/b11-7+. The molecule has 0 bridgehead atoms. The molecule has 2 aromatic rings. The van der Waals surface area contributed by atoms with Crippen molar-refractivity contribution in [3.63, 3.8) is 0 Å². The lowest BCUT2D eigenvalue weighted by Gasteiger charge is -2.10. The molecular formula is C21H21F2NO5. The molecule has 154 valence electrons. The van der Waals surface area contributed by atoms with E-state index >= 15 is 0 Å². The van der Waals surface area contributed by atoms with Gasteiger partial charge >= 0.3 is 12.6 Å². The fourth-order valence-electron chi connectivity index (χ4n) is 2.35. The maximum atomic E-state index is 12.3. The molecule has 2 aromatic carbocycles. The van der Waals surface area contributed by atoms with Crippen LogP contribution >= 0.6 is 0 Å². The Balaban J connectivity index is 1.86. The zero-order valence-corrected chi connectivity index (χ0v) is 16.0. The predicted octanol–water partition coefficient (Wildman–Crippen LogP) is 4.05. The molecule has 0 fully saturated rings. The number of nitrogens with one attached hydrogen (secondary N) is 1. The second-order valence-electron chi connectivity index (χ2n) is 5.83. The third-order valence-electron chi connectivity index (χ3n) is 3.81. The van der Waals surface area contributed by atoms with E-state index in [0.717, 1.165) is 18.1 Å². The highest BCUT2D eigenvalue weighted by Gasteiger charge is 2.11. The van der Waals surface area contributed by atoms with Crippen LogP contribution in [0.5, 0.6) is 11.5 Å². The molecule has 0 heterocycles. The van der Waals surface area contributed by atoms with Crippen molar-refractivity contribution in [2.24, 2.45) is 0 Å². The van der Waals surface area contributed by atoms with Crippen LogP contribution in [0.15, 0.2) is 48.5 Å². The van der Waals surface area contributed by atoms with Crippen molar-refractivity contribution < 1.29 is 32.6 Å². The van der Waals surface area contributed by atoms with Gasteiger partial charge in [0.2, 0.25) is 0 Å². The van der Waals surface area contributed by atoms with Gasteiger partial charge in [0.15, 0.2) is 18.1 Å². The first-order chi connectivity index (χ1) is 13.9. The van der Waals surface area contributed by atoms with Gasteiger partial charge in [0.25, 0.3) is 5.91 Å². The van der Waals surface area contributed by atoms with Gasteiger partial charge in [-0.1, -0.05) is 25.1 Å². The Kier molecular flexibility index (Phi) is 8.14. The van der Waals surface area contributed by atoms with Crippen LogP contribution in [0.1, 0.15) is 18.1 Å². The second-order valence-corrected chi connectivity index (χ2v) is 5.83. The molecule has 29 heavy (non-hydrogen) atoms. The summed E-state index contributed by atoms with van der Waals surface area (Å²) in [6.07, 6.45) is 3.41. The lowest BCUT2D eigenvalue weighted by molar-refractivity contribution is -0.142. The molecule has 0 radical (unpaired) electrons. The first kappa shape index (κ1) is 21.9. The fraction of sp³-hybridized carbons (Fsp3) is 0.238. The number of carbonyl (C=O) groups is 2. The van der Waals surface area contributed by atoms with Gasteiger partial charge in [-0.3, -0.25) is 4.79 Å². The fourth-order valence-corrected chi connectivity index (χ4v) is 2.35. The molecule has 1 amide bonds. The van der Waals surface area contributed by atoms with E-state index in [4.69, 9.17) is 9.47 Å². The zero-order valence-electron chi connectivity index (χ0n) is 16.0. The highest BCUT2D eigenvalue weighted by Crippen LogP contribution is 2.29. The highest BCUT2D eigenvalue weighted by molar-refractivity contribution is 5.94. The summed E-state index contributed by atoms with van der Waals surface area (Å²) in [6.45, 7) is -1.39. The van der Waals surface area contributed by atoms with E-state index in [1.165, 1.54) is 31.4 Å². The summed E-state index contributed by atoms with van der Waals surface area (Å²) in [7, 11) is 1.31. The average molecular weight is 405 g/mol. The van der Waals surface area contributed by atoms with Gasteiger partial charge in [-0.25, -0.2) is 4.79 Å². The summed E-state index contributed by atoms with van der Waals surface area (Å²) in [6, 6.07) is 11.5. The van der Waals surface area contributed by atoms with E-state index in [0.29, 0.717) is 11.3 Å². The molecule has 6 nitrogen and oxygen atoms in total. The quantitative estimate of drug-likeness (QED) is 0.503. The van der Waals surface area contributed by atoms with Crippen molar-refractivity contribution in [3.05, 3.63) is 59.7 Å². The van der Waals surface area contributed by atoms with E-state index in [2.05, 4.69) is 10.1 Å². The number of esters is 1. The molecule has 0 aliphatic rings. The molecule has 0 aromatic heterocycles. The van der Waals surface area contributed by atoms with E-state index in [1.807, 2.05) is 19.1 Å². The molecule has 8 heteroatoms. The minimum absolute atomic E-state index is 0.0919. The van der Waals surface area contributed by atoms with Crippen molar-refractivity contribution in [1.29, 1.82) is 0 Å². The maximum absolute atomic E-state index is 12.3. The zero-order chi connectivity index (χ0) is 21.2. The Morgan fingerprint density at radius 2 is 1.83 bits per heavy atom. The summed E-state index contributed by atoms with van der Waals surface area (Å²) in [5.41, 5.74) is 2.25. The second kappa shape index (κ2) is 10.8. The third kappa shape index (κ3) is 7.25. The van der Waals surface area contributed by atoms with Crippen LogP contribution < -0.4 is 14.8 Å². The van der Waals surface area contributed by atoms with Crippen LogP contribution in [0.25, 0.3) is 6.08 Å². The van der Waals surface area contributed by atoms with Crippen LogP contribution in [0.3, 0.4) is 0 Å². The Labute approximate surface area is 167 Å². The molecule has 2 rings (SSSR count). The number of ether oxygens (including phenoxy) is 3. The number of alkyl halides is 2. The van der Waals surface area contributed by atoms with Crippen molar-refractivity contribution >= 4 is 23.6 Å². The highest BCUT2D eigenvalue weighted by atomic mass is 19.3. The predicted molar refractivity (Wildman–Crippen MR) is 104 cm³/mol. The summed E-state index contributed by atoms with van der Waals surface area (Å²) in [4.78, 5) is 23.6. The van der Waals surface area contributed by atoms with E-state index < -0.39 is 25.1 Å². The number of hydrogen-bond acceptors (Lipinski definition) is 5. The van der Waals surface area contributed by atoms with Gasteiger partial charge in [0.05, 0.1) is 7.11 Å². The number of rotatable bonds is 9. The molecule has 0 unspecified atom stereocenters. The summed E-state index contributed by atoms with van der Waals surface area (Å²) < 4.78 is 38.8. The van der Waals surface area contributed by atoms with Gasteiger partial charge in [-0.15, -0.1) is 0 Å². The summed E-state index contributed by atoms with van der Waals surface area (Å²) in [5.74, 6) is -1.22. The van der Waals surface area contributed by atoms with Gasteiger partial charge in [0.1, 0.15) is 0 Å². The van der Waals surface area contributed by atoms with Crippen molar-refractivity contribution in [2.75, 3.05) is 19.0 Å². The van der Waals surface area contributed by atoms with Crippen LogP contribution in [-0.2, 0) is 20.7 Å². The molecular weight excluding hydrogens is 384 g/mol. The number of carbonyl (C=O) groups excluding carboxylic acids is 2. The van der Waals surface area contributed by atoms with Gasteiger partial charge < -0.3 is 19.5 Å². The number of aryl methyl sites for hydroxylation is 1. The first-order valence-corrected chi connectivity index (χ1v) is 8.77. The molecule has 0 saturated heterocycles. The van der Waals surface area contributed by atoms with E-state index in [-0.39, 0.29) is 11.5 Å². The number of hydrogen-bond donors (Lipinski definition) is 1. The lowest BCUT2D eigenvalue weighted by Crippen LogP contribution is -2.20. The Morgan fingerprint density at radius 3 is 2.45 bits per heavy atom. The van der Waals surface area contributed by atoms with Crippen LogP contribution in [0.4, 0.5) is 14.5 Å². The summed E-state index contributed by atoms with van der Waals surface area (Å²) >= 11 is 0. The maximum Gasteiger partial charge on any atom is 0.387 e. The monoisotopic (exact) mass is 405 g/mol. The minimum Gasteiger partial charge on any atom is -0.493 e. The third-order valence-corrected chi connectivity index (χ3v) is 3.81. The molecule has 0 spiro atoms. The van der Waals surface area contributed by atoms with Gasteiger partial charge in [-0.05, 0) is 47.9 Å². The number of anilines is 1. The Bertz CT molecular complexity index is 866. The van der Waals surface area contributed by atoms with E-state index in [1.54, 1.807) is 12.1 Å². The van der Waals surface area contributed by atoms with Crippen LogP contribution in [0, 0.1) is 0 Å². The van der Waals surface area contributed by atoms with Gasteiger partial charge in [0, 0.05) is 11.8 Å². The van der Waals surface area contributed by atoms with Crippen LogP contribution in [-0.4, -0.2) is 32.2 Å². The Morgan fingerprint density at radius 1 is 1.10 bits per heavy atom. The number of methoxy groups -OCH3 is 1. The Hall–Kier alpha value is -3.42. The van der Waals surface area contributed by atoms with Crippen molar-refractivity contribution in [1.82, 2.24) is 0 Å². The largest absolute Gasteiger partial charge is 0.493 e. The molecule has 0 aliphatic carbocycles. The lowest BCUT2D eigenvalue weighted by atomic mass is 10.1. The number of amides is 1. The number of benzene rings is 2. The smallest absolute Gasteiger partial charge is 0.387 e. The SMILES string of the molecule is CCc1ccc(NC(=O)COC(=O)/C=C/c2ccc(OC(F)F)c(OC)c2)cc1. The molecule has 1 N–H and O–H groups in total. The van der Waals surface area contributed by atoms with Gasteiger partial charge in [-0.2, -0.15) is 8.78 Å².